The van der Waals surface area contributed by atoms with Gasteiger partial charge in [-0.2, -0.15) is 0 Å². The molecule has 6 heteroatoms. The quantitative estimate of drug-likeness (QED) is 0.558. The number of nitrogens with one attached hydrogen (secondary N) is 1. The van der Waals surface area contributed by atoms with Crippen molar-refractivity contribution in [2.24, 2.45) is 0 Å². The van der Waals surface area contributed by atoms with Crippen LogP contribution in [0.5, 0.6) is 5.75 Å². The lowest BCUT2D eigenvalue weighted by atomic mass is 10.1. The van der Waals surface area contributed by atoms with Gasteiger partial charge >= 0.3 is 0 Å². The van der Waals surface area contributed by atoms with E-state index in [-0.39, 0.29) is 17.8 Å². The van der Waals surface area contributed by atoms with E-state index in [1.165, 1.54) is 24.6 Å². The highest BCUT2D eigenvalue weighted by Gasteiger charge is 2.24. The topological polar surface area (TPSA) is 77.2 Å². The molecule has 148 valence electrons. The number of nitrogens with zero attached hydrogens (tertiary/aromatic N) is 1. The summed E-state index contributed by atoms with van der Waals surface area (Å²) in [5.74, 6) is 1.19. The molecule has 29 heavy (non-hydrogen) atoms. The molecule has 0 saturated heterocycles. The van der Waals surface area contributed by atoms with E-state index in [1.54, 1.807) is 6.07 Å². The van der Waals surface area contributed by atoms with Crippen molar-refractivity contribution in [1.82, 2.24) is 4.98 Å². The van der Waals surface area contributed by atoms with Gasteiger partial charge in [0, 0.05) is 23.5 Å². The van der Waals surface area contributed by atoms with Gasteiger partial charge in [0.25, 0.3) is 5.91 Å². The number of amides is 1. The average molecular weight is 408 g/mol. The molecule has 1 saturated carbocycles. The van der Waals surface area contributed by atoms with Gasteiger partial charge in [-0.25, -0.2) is 4.98 Å². The van der Waals surface area contributed by atoms with Crippen LogP contribution in [-0.2, 0) is 0 Å². The summed E-state index contributed by atoms with van der Waals surface area (Å²) >= 11 is 5.98. The number of nitrogen functional groups attached to an aromatic ring is 1. The fourth-order valence-electron chi connectivity index (χ4n) is 3.21. The zero-order valence-electron chi connectivity index (χ0n) is 16.1. The Morgan fingerprint density at radius 3 is 2.79 bits per heavy atom. The first-order valence-electron chi connectivity index (χ1n) is 9.58. The molecule has 1 aliphatic rings. The second-order valence-corrected chi connectivity index (χ2v) is 7.71. The van der Waals surface area contributed by atoms with E-state index >= 15 is 0 Å². The molecule has 0 aliphatic heterocycles. The molecule has 0 spiro atoms. The monoisotopic (exact) mass is 407 g/mol. The molecule has 5 nitrogen and oxygen atoms in total. The molecule has 3 N–H and O–H groups in total. The molecule has 1 heterocycles. The van der Waals surface area contributed by atoms with Gasteiger partial charge in [0.15, 0.2) is 11.6 Å². The highest BCUT2D eigenvalue weighted by Crippen LogP contribution is 2.40. The summed E-state index contributed by atoms with van der Waals surface area (Å²) in [6.45, 7) is 1.90. The Bertz CT molecular complexity index is 1050. The summed E-state index contributed by atoms with van der Waals surface area (Å²) in [5, 5.41) is 3.43. The predicted octanol–water partition coefficient (Wildman–Crippen LogP) is 5.59. The summed E-state index contributed by atoms with van der Waals surface area (Å²) in [6.07, 6.45) is 3.59. The number of nitrogens with two attached hydrogens (primary N) is 1. The normalized spacial score (nSPS) is 14.3. The molecule has 1 amide bonds. The summed E-state index contributed by atoms with van der Waals surface area (Å²) in [7, 11) is 0. The SMILES string of the molecule is CC(Oc1cc(Cl)cnc1N)c1cccc(NC(=O)c2cccc(C3CC3)c2)c1. The Morgan fingerprint density at radius 2 is 2.00 bits per heavy atom. The Kier molecular flexibility index (Phi) is 5.41. The van der Waals surface area contributed by atoms with Crippen LogP contribution in [0.1, 0.15) is 53.3 Å². The molecule has 0 bridgehead atoms. The number of benzene rings is 2. The van der Waals surface area contributed by atoms with Crippen LogP contribution in [0.4, 0.5) is 11.5 Å². The highest BCUT2D eigenvalue weighted by atomic mass is 35.5. The van der Waals surface area contributed by atoms with Crippen LogP contribution >= 0.6 is 11.6 Å². The number of hydrogen-bond acceptors (Lipinski definition) is 4. The minimum Gasteiger partial charge on any atom is -0.482 e. The zero-order valence-corrected chi connectivity index (χ0v) is 16.8. The van der Waals surface area contributed by atoms with Crippen LogP contribution in [0.25, 0.3) is 0 Å². The van der Waals surface area contributed by atoms with E-state index in [4.69, 9.17) is 22.1 Å². The Morgan fingerprint density at radius 1 is 1.21 bits per heavy atom. The van der Waals surface area contributed by atoms with Crippen molar-refractivity contribution in [2.75, 3.05) is 11.1 Å². The molecular formula is C23H22ClN3O2. The smallest absolute Gasteiger partial charge is 0.255 e. The van der Waals surface area contributed by atoms with Gasteiger partial charge in [0.2, 0.25) is 0 Å². The lowest BCUT2D eigenvalue weighted by Crippen LogP contribution is -2.13. The average Bonchev–Trinajstić information content (AvgIpc) is 3.56. The number of anilines is 2. The summed E-state index contributed by atoms with van der Waals surface area (Å²) < 4.78 is 5.92. The summed E-state index contributed by atoms with van der Waals surface area (Å²) in [5.41, 5.74) is 9.37. The van der Waals surface area contributed by atoms with E-state index in [2.05, 4.69) is 16.4 Å². The van der Waals surface area contributed by atoms with Crippen LogP contribution in [-0.4, -0.2) is 10.9 Å². The Hall–Kier alpha value is -3.05. The first-order chi connectivity index (χ1) is 14.0. The van der Waals surface area contributed by atoms with Gasteiger partial charge in [-0.3, -0.25) is 4.79 Å². The van der Waals surface area contributed by atoms with Crippen molar-refractivity contribution in [3.63, 3.8) is 0 Å². The predicted molar refractivity (Wildman–Crippen MR) is 116 cm³/mol. The molecule has 1 atom stereocenters. The van der Waals surface area contributed by atoms with Crippen molar-refractivity contribution < 1.29 is 9.53 Å². The largest absolute Gasteiger partial charge is 0.482 e. The van der Waals surface area contributed by atoms with Gasteiger partial charge in [0.1, 0.15) is 6.10 Å². The van der Waals surface area contributed by atoms with Crippen LogP contribution in [0, 0.1) is 0 Å². The van der Waals surface area contributed by atoms with Crippen LogP contribution in [0.3, 0.4) is 0 Å². The third-order valence-corrected chi connectivity index (χ3v) is 5.17. The molecule has 1 aliphatic carbocycles. The molecule has 1 fully saturated rings. The third-order valence-electron chi connectivity index (χ3n) is 4.96. The molecule has 4 rings (SSSR count). The number of hydrogen-bond donors (Lipinski definition) is 2. The van der Waals surface area contributed by atoms with Crippen molar-refractivity contribution in [1.29, 1.82) is 0 Å². The second-order valence-electron chi connectivity index (χ2n) is 7.28. The van der Waals surface area contributed by atoms with Crippen molar-refractivity contribution in [3.05, 3.63) is 82.5 Å². The van der Waals surface area contributed by atoms with Crippen molar-refractivity contribution in [2.45, 2.75) is 31.8 Å². The van der Waals surface area contributed by atoms with Gasteiger partial charge in [-0.15, -0.1) is 0 Å². The number of carbonyl (C=O) groups is 1. The van der Waals surface area contributed by atoms with Crippen LogP contribution < -0.4 is 15.8 Å². The Balaban J connectivity index is 1.47. The van der Waals surface area contributed by atoms with E-state index in [0.29, 0.717) is 27.9 Å². The van der Waals surface area contributed by atoms with Crippen molar-refractivity contribution in [3.8, 4) is 5.75 Å². The maximum absolute atomic E-state index is 12.7. The molecule has 3 aromatic rings. The molecule has 2 aromatic carbocycles. The standard InChI is InChI=1S/C23H22ClN3O2/c1-14(29-21-12-19(24)13-26-22(21)25)16-4-3-7-20(11-16)27-23(28)18-6-2-5-17(10-18)15-8-9-15/h2-7,10-15H,8-9H2,1H3,(H2,25,26)(H,27,28). The Labute approximate surface area is 174 Å². The number of ether oxygens (including phenoxy) is 1. The summed E-state index contributed by atoms with van der Waals surface area (Å²) in [6, 6.07) is 17.0. The lowest BCUT2D eigenvalue weighted by Gasteiger charge is -2.17. The number of aromatic nitrogens is 1. The van der Waals surface area contributed by atoms with E-state index < -0.39 is 0 Å². The maximum Gasteiger partial charge on any atom is 0.255 e. The molecule has 1 aromatic heterocycles. The zero-order chi connectivity index (χ0) is 20.4. The van der Waals surface area contributed by atoms with E-state index in [0.717, 1.165) is 5.56 Å². The molecule has 0 radical (unpaired) electrons. The first kappa shape index (κ1) is 19.3. The number of pyridine rings is 1. The minimum absolute atomic E-state index is 0.124. The second kappa shape index (κ2) is 8.13. The van der Waals surface area contributed by atoms with E-state index in [9.17, 15) is 4.79 Å². The van der Waals surface area contributed by atoms with Crippen molar-refractivity contribution >= 4 is 29.0 Å². The van der Waals surface area contributed by atoms with Gasteiger partial charge < -0.3 is 15.8 Å². The highest BCUT2D eigenvalue weighted by molar-refractivity contribution is 6.30. The van der Waals surface area contributed by atoms with Gasteiger partial charge in [-0.05, 0) is 61.1 Å². The fraction of sp³-hybridized carbons (Fsp3) is 0.217. The van der Waals surface area contributed by atoms with Crippen LogP contribution in [0.2, 0.25) is 5.02 Å². The minimum atomic E-state index is -0.299. The van der Waals surface area contributed by atoms with Gasteiger partial charge in [0.05, 0.1) is 5.02 Å². The first-order valence-corrected chi connectivity index (χ1v) is 9.96. The lowest BCUT2D eigenvalue weighted by molar-refractivity contribution is 0.102. The number of halogens is 1. The molecule has 1 unspecified atom stereocenters. The number of rotatable bonds is 6. The summed E-state index contributed by atoms with van der Waals surface area (Å²) in [4.78, 5) is 16.7. The van der Waals surface area contributed by atoms with E-state index in [1.807, 2.05) is 49.4 Å². The number of carbonyl (C=O) groups excluding carboxylic acids is 1. The van der Waals surface area contributed by atoms with Gasteiger partial charge in [-0.1, -0.05) is 35.9 Å². The molecular weight excluding hydrogens is 386 g/mol. The van der Waals surface area contributed by atoms with Crippen LogP contribution in [0.15, 0.2) is 60.8 Å². The maximum atomic E-state index is 12.7. The third kappa shape index (κ3) is 4.69. The fourth-order valence-corrected chi connectivity index (χ4v) is 3.36.